The molecule has 0 saturated carbocycles. The van der Waals surface area contributed by atoms with E-state index < -0.39 is 0 Å². The van der Waals surface area contributed by atoms with Gasteiger partial charge in [0.05, 0.1) is 23.3 Å². The molecule has 32 heavy (non-hydrogen) atoms. The highest BCUT2D eigenvalue weighted by molar-refractivity contribution is 8.15. The minimum absolute atomic E-state index is 0.174. The number of aliphatic imine (C=N–C) groups is 1. The number of aromatic nitrogens is 2. The number of anilines is 1. The van der Waals surface area contributed by atoms with Crippen molar-refractivity contribution >= 4 is 40.4 Å². The van der Waals surface area contributed by atoms with E-state index in [1.165, 1.54) is 16.8 Å². The minimum atomic E-state index is -0.244. The number of nitrogens with zero attached hydrogens (tertiary/aromatic N) is 6. The van der Waals surface area contributed by atoms with Gasteiger partial charge in [-0.2, -0.15) is 10.1 Å². The van der Waals surface area contributed by atoms with Crippen molar-refractivity contribution in [2.45, 2.75) is 6.92 Å². The lowest BCUT2D eigenvalue weighted by Crippen LogP contribution is -2.24. The van der Waals surface area contributed by atoms with E-state index in [1.807, 2.05) is 87.6 Å². The summed E-state index contributed by atoms with van der Waals surface area (Å²) in [5.74, 6) is 0.0565. The highest BCUT2D eigenvalue weighted by Crippen LogP contribution is 2.25. The standard InChI is InChI=1S/C23H24N6O2S/c1-16-21(22(31)29(27(16)4)19-8-6-5-7-9-19)25-23-28(20(30)15-32-23)24-14-17-10-12-18(13-11-17)26(2)3/h5-14H,15H2,1-4H3. The lowest BCUT2D eigenvalue weighted by Gasteiger charge is -2.12. The molecule has 164 valence electrons. The predicted molar refractivity (Wildman–Crippen MR) is 131 cm³/mol. The fourth-order valence-corrected chi connectivity index (χ4v) is 4.11. The lowest BCUT2D eigenvalue weighted by molar-refractivity contribution is -0.124. The second kappa shape index (κ2) is 8.88. The van der Waals surface area contributed by atoms with Gasteiger partial charge in [-0.3, -0.25) is 14.3 Å². The third-order valence-corrected chi connectivity index (χ3v) is 6.12. The average molecular weight is 449 g/mol. The lowest BCUT2D eigenvalue weighted by atomic mass is 10.2. The number of amides is 1. The van der Waals surface area contributed by atoms with Crippen LogP contribution in [0.5, 0.6) is 0 Å². The van der Waals surface area contributed by atoms with Crippen LogP contribution in [0.25, 0.3) is 5.69 Å². The smallest absolute Gasteiger partial charge is 0.297 e. The Morgan fingerprint density at radius 2 is 1.72 bits per heavy atom. The average Bonchev–Trinajstić information content (AvgIpc) is 3.24. The fraction of sp³-hybridized carbons (Fsp3) is 0.217. The first-order chi connectivity index (χ1) is 15.4. The highest BCUT2D eigenvalue weighted by atomic mass is 32.2. The number of amidine groups is 1. The van der Waals surface area contributed by atoms with Gasteiger partial charge in [-0.25, -0.2) is 9.67 Å². The van der Waals surface area contributed by atoms with Crippen molar-refractivity contribution in [1.29, 1.82) is 0 Å². The van der Waals surface area contributed by atoms with Crippen LogP contribution in [0.1, 0.15) is 11.3 Å². The van der Waals surface area contributed by atoms with Crippen molar-refractivity contribution in [1.82, 2.24) is 14.4 Å². The Bertz CT molecular complexity index is 1260. The summed E-state index contributed by atoms with van der Waals surface area (Å²) >= 11 is 1.27. The summed E-state index contributed by atoms with van der Waals surface area (Å²) < 4.78 is 3.33. The van der Waals surface area contributed by atoms with Crippen molar-refractivity contribution in [3.63, 3.8) is 0 Å². The molecule has 4 rings (SSSR count). The van der Waals surface area contributed by atoms with E-state index in [-0.39, 0.29) is 17.2 Å². The maximum atomic E-state index is 13.1. The molecule has 3 aromatic rings. The Labute approximate surface area is 190 Å². The summed E-state index contributed by atoms with van der Waals surface area (Å²) in [6.07, 6.45) is 1.62. The molecular weight excluding hydrogens is 424 g/mol. The molecule has 2 aromatic carbocycles. The Hall–Kier alpha value is -3.59. The van der Waals surface area contributed by atoms with Gasteiger partial charge >= 0.3 is 0 Å². The Morgan fingerprint density at radius 3 is 2.38 bits per heavy atom. The van der Waals surface area contributed by atoms with Crippen LogP contribution in [0.4, 0.5) is 11.4 Å². The van der Waals surface area contributed by atoms with Gasteiger partial charge in [0.1, 0.15) is 0 Å². The Morgan fingerprint density at radius 1 is 1.03 bits per heavy atom. The first-order valence-electron chi connectivity index (χ1n) is 10.1. The van der Waals surface area contributed by atoms with Gasteiger partial charge in [0.15, 0.2) is 10.9 Å². The maximum Gasteiger partial charge on any atom is 0.297 e. The zero-order valence-electron chi connectivity index (χ0n) is 18.4. The van der Waals surface area contributed by atoms with Gasteiger partial charge in [0, 0.05) is 26.8 Å². The summed E-state index contributed by atoms with van der Waals surface area (Å²) in [6.45, 7) is 1.83. The van der Waals surface area contributed by atoms with Crippen LogP contribution in [-0.2, 0) is 11.8 Å². The number of hydrogen-bond acceptors (Lipinski definition) is 6. The molecule has 0 N–H and O–H groups in total. The second-order valence-electron chi connectivity index (χ2n) is 7.53. The zero-order chi connectivity index (χ0) is 22.8. The molecule has 2 heterocycles. The number of thioether (sulfide) groups is 1. The third kappa shape index (κ3) is 4.11. The molecule has 1 saturated heterocycles. The van der Waals surface area contributed by atoms with Crippen molar-refractivity contribution in [2.24, 2.45) is 17.1 Å². The second-order valence-corrected chi connectivity index (χ2v) is 8.47. The van der Waals surface area contributed by atoms with E-state index in [0.29, 0.717) is 16.5 Å². The molecular formula is C23H24N6O2S. The maximum absolute atomic E-state index is 13.1. The molecule has 8 nitrogen and oxygen atoms in total. The molecule has 1 aliphatic heterocycles. The van der Waals surface area contributed by atoms with E-state index in [9.17, 15) is 9.59 Å². The summed E-state index contributed by atoms with van der Waals surface area (Å²) in [7, 11) is 5.76. The molecule has 0 atom stereocenters. The van der Waals surface area contributed by atoms with Crippen molar-refractivity contribution in [2.75, 3.05) is 24.7 Å². The number of carbonyl (C=O) groups excluding carboxylic acids is 1. The van der Waals surface area contributed by atoms with Gasteiger partial charge < -0.3 is 4.90 Å². The summed E-state index contributed by atoms with van der Waals surface area (Å²) in [5, 5.41) is 6.01. The third-order valence-electron chi connectivity index (χ3n) is 5.21. The van der Waals surface area contributed by atoms with Gasteiger partial charge in [-0.1, -0.05) is 42.1 Å². The van der Waals surface area contributed by atoms with Gasteiger partial charge in [-0.15, -0.1) is 0 Å². The molecule has 1 aliphatic rings. The SMILES string of the molecule is Cc1c(N=C2SCC(=O)N2N=Cc2ccc(N(C)C)cc2)c(=O)n(-c2ccccc2)n1C. The van der Waals surface area contributed by atoms with Crippen LogP contribution >= 0.6 is 11.8 Å². The van der Waals surface area contributed by atoms with Gasteiger partial charge in [-0.05, 0) is 36.8 Å². The molecule has 0 spiro atoms. The zero-order valence-corrected chi connectivity index (χ0v) is 19.2. The number of hydrogen-bond donors (Lipinski definition) is 0. The normalized spacial score (nSPS) is 15.3. The molecule has 0 unspecified atom stereocenters. The van der Waals surface area contributed by atoms with Gasteiger partial charge in [0.2, 0.25) is 0 Å². The quantitative estimate of drug-likeness (QED) is 0.562. The molecule has 1 aromatic heterocycles. The largest absolute Gasteiger partial charge is 0.378 e. The summed E-state index contributed by atoms with van der Waals surface area (Å²) in [6, 6.07) is 17.2. The molecule has 0 bridgehead atoms. The molecule has 9 heteroatoms. The first-order valence-corrected chi connectivity index (χ1v) is 11.0. The molecule has 0 aliphatic carbocycles. The van der Waals surface area contributed by atoms with Crippen LogP contribution in [0.2, 0.25) is 0 Å². The number of carbonyl (C=O) groups is 1. The van der Waals surface area contributed by atoms with Crippen molar-refractivity contribution < 1.29 is 4.79 Å². The Kier molecular flexibility index (Phi) is 6.00. The van der Waals surface area contributed by atoms with Crippen LogP contribution in [-0.4, -0.2) is 51.5 Å². The number of benzene rings is 2. The first kappa shape index (κ1) is 21.6. The fourth-order valence-electron chi connectivity index (χ4n) is 3.31. The topological polar surface area (TPSA) is 75.2 Å². The van der Waals surface area contributed by atoms with Crippen LogP contribution in [0.15, 0.2) is 69.5 Å². The van der Waals surface area contributed by atoms with Gasteiger partial charge in [0.25, 0.3) is 11.5 Å². The van der Waals surface area contributed by atoms with E-state index in [4.69, 9.17) is 0 Å². The predicted octanol–water partition coefficient (Wildman–Crippen LogP) is 3.15. The van der Waals surface area contributed by atoms with E-state index in [1.54, 1.807) is 15.6 Å². The molecule has 1 amide bonds. The Balaban J connectivity index is 1.66. The van der Waals surface area contributed by atoms with Crippen LogP contribution in [0, 0.1) is 6.92 Å². The molecule has 1 fully saturated rings. The van der Waals surface area contributed by atoms with Crippen molar-refractivity contribution in [3.05, 3.63) is 76.2 Å². The van der Waals surface area contributed by atoms with E-state index in [0.717, 1.165) is 16.9 Å². The summed E-state index contributed by atoms with van der Waals surface area (Å²) in [4.78, 5) is 32.1. The highest BCUT2D eigenvalue weighted by Gasteiger charge is 2.29. The summed E-state index contributed by atoms with van der Waals surface area (Å²) in [5.41, 5.74) is 3.44. The molecule has 0 radical (unpaired) electrons. The van der Waals surface area contributed by atoms with E-state index in [2.05, 4.69) is 10.1 Å². The van der Waals surface area contributed by atoms with E-state index >= 15 is 0 Å². The van der Waals surface area contributed by atoms with Crippen molar-refractivity contribution in [3.8, 4) is 5.69 Å². The monoisotopic (exact) mass is 448 g/mol. The minimum Gasteiger partial charge on any atom is -0.378 e. The number of rotatable bonds is 5. The van der Waals surface area contributed by atoms with Crippen LogP contribution in [0.3, 0.4) is 0 Å². The number of hydrazone groups is 1. The van der Waals surface area contributed by atoms with Crippen LogP contribution < -0.4 is 10.5 Å². The number of para-hydroxylation sites is 1.